The van der Waals surface area contributed by atoms with Crippen molar-refractivity contribution in [3.63, 3.8) is 0 Å². The predicted molar refractivity (Wildman–Crippen MR) is 72.4 cm³/mol. The minimum atomic E-state index is 0.634. The van der Waals surface area contributed by atoms with Crippen LogP contribution in [0.4, 0.5) is 0 Å². The maximum Gasteiger partial charge on any atom is -0.0150 e. The van der Waals surface area contributed by atoms with Crippen molar-refractivity contribution in [2.75, 3.05) is 0 Å². The van der Waals surface area contributed by atoms with Gasteiger partial charge in [0, 0.05) is 0 Å². The normalized spacial score (nSPS) is 34.1. The van der Waals surface area contributed by atoms with Crippen molar-refractivity contribution in [3.8, 4) is 0 Å². The Morgan fingerprint density at radius 1 is 1.31 bits per heavy atom. The van der Waals surface area contributed by atoms with Gasteiger partial charge in [-0.25, -0.2) is 0 Å². The first-order valence-electron chi connectivity index (χ1n) is 6.93. The average molecular weight is 220 g/mol. The molecule has 1 saturated carbocycles. The molecule has 0 saturated heterocycles. The van der Waals surface area contributed by atoms with Crippen LogP contribution in [-0.2, 0) is 0 Å². The van der Waals surface area contributed by atoms with Crippen LogP contribution in [0.5, 0.6) is 0 Å². The fraction of sp³-hybridized carbons (Fsp3) is 0.812. The van der Waals surface area contributed by atoms with E-state index in [0.29, 0.717) is 11.3 Å². The van der Waals surface area contributed by atoms with E-state index < -0.39 is 0 Å². The van der Waals surface area contributed by atoms with Gasteiger partial charge in [0.25, 0.3) is 0 Å². The monoisotopic (exact) mass is 220 g/mol. The third-order valence-electron chi connectivity index (χ3n) is 5.10. The summed E-state index contributed by atoms with van der Waals surface area (Å²) in [7, 11) is 0. The van der Waals surface area contributed by atoms with Gasteiger partial charge in [-0.1, -0.05) is 34.6 Å². The van der Waals surface area contributed by atoms with Gasteiger partial charge in [0.15, 0.2) is 0 Å². The van der Waals surface area contributed by atoms with Crippen molar-refractivity contribution in [3.05, 3.63) is 17.4 Å². The number of allylic oxidation sites excluding steroid dienone is 1. The molecular formula is C16H28. The van der Waals surface area contributed by atoms with Crippen molar-refractivity contribution in [1.82, 2.24) is 0 Å². The molecule has 0 heterocycles. The topological polar surface area (TPSA) is 0 Å². The number of rotatable bonds is 5. The lowest BCUT2D eigenvalue weighted by atomic mass is 9.83. The predicted octanol–water partition coefficient (Wildman–Crippen LogP) is 5.21. The average Bonchev–Trinajstić information content (AvgIpc) is 2.79. The van der Waals surface area contributed by atoms with Crippen molar-refractivity contribution in [2.24, 2.45) is 23.2 Å². The molecule has 0 aromatic rings. The van der Waals surface area contributed by atoms with E-state index in [0.717, 1.165) is 18.3 Å². The summed E-state index contributed by atoms with van der Waals surface area (Å²) >= 11 is 0. The molecule has 92 valence electrons. The zero-order valence-corrected chi connectivity index (χ0v) is 11.9. The Hall–Kier alpha value is -0.480. The second-order valence-electron chi connectivity index (χ2n) is 5.58. The first kappa shape index (κ1) is 13.6. The van der Waals surface area contributed by atoms with Crippen molar-refractivity contribution in [2.45, 2.75) is 60.8 Å². The van der Waals surface area contributed by atoms with Gasteiger partial charge in [-0.15, -0.1) is 5.73 Å². The Labute approximate surface area is 102 Å². The smallest absolute Gasteiger partial charge is 0.0150 e. The second kappa shape index (κ2) is 5.23. The molecule has 16 heavy (non-hydrogen) atoms. The molecule has 0 amide bonds. The van der Waals surface area contributed by atoms with Gasteiger partial charge in [0.05, 0.1) is 0 Å². The largest absolute Gasteiger partial charge is 0.126 e. The third-order valence-corrected chi connectivity index (χ3v) is 5.10. The Morgan fingerprint density at radius 3 is 2.19 bits per heavy atom. The molecule has 0 aliphatic heterocycles. The molecule has 0 spiro atoms. The van der Waals surface area contributed by atoms with Crippen LogP contribution in [0.2, 0.25) is 0 Å². The summed E-state index contributed by atoms with van der Waals surface area (Å²) in [4.78, 5) is 0. The van der Waals surface area contributed by atoms with Gasteiger partial charge >= 0.3 is 0 Å². The summed E-state index contributed by atoms with van der Waals surface area (Å²) < 4.78 is 0. The molecule has 0 radical (unpaired) electrons. The van der Waals surface area contributed by atoms with Gasteiger partial charge < -0.3 is 0 Å². The van der Waals surface area contributed by atoms with E-state index >= 15 is 0 Å². The second-order valence-corrected chi connectivity index (χ2v) is 5.58. The van der Waals surface area contributed by atoms with Crippen LogP contribution in [0.1, 0.15) is 60.8 Å². The maximum atomic E-state index is 3.43. The van der Waals surface area contributed by atoms with E-state index in [1.54, 1.807) is 0 Å². The van der Waals surface area contributed by atoms with Crippen LogP contribution < -0.4 is 0 Å². The molecular weight excluding hydrogens is 192 g/mol. The Bertz CT molecular complexity index is 283. The summed E-state index contributed by atoms with van der Waals surface area (Å²) in [5.74, 6) is 2.54. The van der Waals surface area contributed by atoms with Crippen molar-refractivity contribution in [1.29, 1.82) is 0 Å². The molecule has 1 aliphatic carbocycles. The summed E-state index contributed by atoms with van der Waals surface area (Å²) in [6, 6.07) is 0. The SMILES string of the molecule is CC=C=C(CC)C(C)CC1(CC)C(C)C1C. The van der Waals surface area contributed by atoms with E-state index in [1.165, 1.54) is 18.4 Å². The van der Waals surface area contributed by atoms with Crippen molar-refractivity contribution < 1.29 is 0 Å². The molecule has 0 bridgehead atoms. The minimum Gasteiger partial charge on any atom is -0.126 e. The molecule has 3 atom stereocenters. The quantitative estimate of drug-likeness (QED) is 0.558. The van der Waals surface area contributed by atoms with E-state index in [1.807, 2.05) is 0 Å². The minimum absolute atomic E-state index is 0.634. The highest BCUT2D eigenvalue weighted by Crippen LogP contribution is 2.64. The van der Waals surface area contributed by atoms with Gasteiger partial charge in [0.2, 0.25) is 0 Å². The Balaban J connectivity index is 2.71. The molecule has 1 fully saturated rings. The van der Waals surface area contributed by atoms with Crippen LogP contribution in [-0.4, -0.2) is 0 Å². The lowest BCUT2D eigenvalue weighted by molar-refractivity contribution is 0.341. The molecule has 1 aliphatic rings. The fourth-order valence-electron chi connectivity index (χ4n) is 3.58. The van der Waals surface area contributed by atoms with E-state index in [2.05, 4.69) is 53.3 Å². The van der Waals surface area contributed by atoms with Gasteiger partial charge in [0.1, 0.15) is 0 Å². The molecule has 3 unspecified atom stereocenters. The molecule has 1 rings (SSSR count). The Morgan fingerprint density at radius 2 is 1.88 bits per heavy atom. The lowest BCUT2D eigenvalue weighted by Crippen LogP contribution is -2.11. The third kappa shape index (κ3) is 2.28. The summed E-state index contributed by atoms with van der Waals surface area (Å²) in [6.07, 6.45) is 5.91. The summed E-state index contributed by atoms with van der Waals surface area (Å²) in [5.41, 5.74) is 5.56. The van der Waals surface area contributed by atoms with E-state index in [-0.39, 0.29) is 0 Å². The van der Waals surface area contributed by atoms with Gasteiger partial charge in [-0.3, -0.25) is 0 Å². The molecule has 0 aromatic heterocycles. The summed E-state index contributed by atoms with van der Waals surface area (Å²) in [5, 5.41) is 0. The highest BCUT2D eigenvalue weighted by atomic mass is 14.6. The van der Waals surface area contributed by atoms with Gasteiger partial charge in [-0.2, -0.15) is 0 Å². The number of hydrogen-bond donors (Lipinski definition) is 0. The standard InChI is InChI=1S/C16H28/c1-7-10-15(8-2)12(4)11-16(9-3)13(5)14(16)6/h7,12-14H,8-9,11H2,1-6H3. The van der Waals surface area contributed by atoms with E-state index in [9.17, 15) is 0 Å². The highest BCUT2D eigenvalue weighted by molar-refractivity contribution is 5.12. The maximum absolute atomic E-state index is 3.43. The lowest BCUT2D eigenvalue weighted by Gasteiger charge is -2.21. The molecule has 0 N–H and O–H groups in total. The fourth-order valence-corrected chi connectivity index (χ4v) is 3.58. The first-order valence-corrected chi connectivity index (χ1v) is 6.93. The van der Waals surface area contributed by atoms with Gasteiger partial charge in [-0.05, 0) is 61.0 Å². The van der Waals surface area contributed by atoms with Crippen LogP contribution in [0.3, 0.4) is 0 Å². The highest BCUT2D eigenvalue weighted by Gasteiger charge is 2.57. The molecule has 0 aromatic carbocycles. The van der Waals surface area contributed by atoms with Crippen LogP contribution >= 0.6 is 0 Å². The zero-order chi connectivity index (χ0) is 12.3. The van der Waals surface area contributed by atoms with Crippen molar-refractivity contribution >= 4 is 0 Å². The molecule has 0 heteroatoms. The zero-order valence-electron chi connectivity index (χ0n) is 11.9. The van der Waals surface area contributed by atoms with Crippen LogP contribution in [0.25, 0.3) is 0 Å². The van der Waals surface area contributed by atoms with Crippen LogP contribution in [0.15, 0.2) is 17.4 Å². The first-order chi connectivity index (χ1) is 7.53. The van der Waals surface area contributed by atoms with Crippen LogP contribution in [0, 0.1) is 23.2 Å². The number of hydrogen-bond acceptors (Lipinski definition) is 0. The Kier molecular flexibility index (Phi) is 4.44. The molecule has 0 nitrogen and oxygen atoms in total. The summed E-state index contributed by atoms with van der Waals surface area (Å²) in [6.45, 7) is 13.9. The van der Waals surface area contributed by atoms with E-state index in [4.69, 9.17) is 0 Å².